The van der Waals surface area contributed by atoms with Crippen molar-refractivity contribution in [2.45, 2.75) is 38.1 Å². The molecule has 0 saturated heterocycles. The lowest BCUT2D eigenvalue weighted by Gasteiger charge is -2.22. The Bertz CT molecular complexity index is 594. The van der Waals surface area contributed by atoms with Gasteiger partial charge in [-0.2, -0.15) is 0 Å². The monoisotopic (exact) mass is 292 g/mol. The van der Waals surface area contributed by atoms with Crippen molar-refractivity contribution < 1.29 is 14.7 Å². The van der Waals surface area contributed by atoms with Crippen LogP contribution in [0.4, 0.5) is 0 Å². The third kappa shape index (κ3) is 3.71. The molecule has 1 heterocycles. The molecule has 1 aromatic heterocycles. The number of aliphatic carboxylic acids is 1. The second-order valence-corrected chi connectivity index (χ2v) is 5.53. The van der Waals surface area contributed by atoms with Gasteiger partial charge >= 0.3 is 5.97 Å². The van der Waals surface area contributed by atoms with Gasteiger partial charge in [-0.25, -0.2) is 0 Å². The van der Waals surface area contributed by atoms with Gasteiger partial charge in [0.15, 0.2) is 0 Å². The van der Waals surface area contributed by atoms with E-state index in [0.717, 1.165) is 19.3 Å². The van der Waals surface area contributed by atoms with Crippen molar-refractivity contribution in [3.63, 3.8) is 0 Å². The molecular formula is C15H20N2O4. The Morgan fingerprint density at radius 1 is 1.29 bits per heavy atom. The van der Waals surface area contributed by atoms with Gasteiger partial charge in [-0.3, -0.25) is 14.4 Å². The second kappa shape index (κ2) is 6.56. The zero-order valence-electron chi connectivity index (χ0n) is 12.0. The van der Waals surface area contributed by atoms with Gasteiger partial charge < -0.3 is 15.0 Å². The number of nitrogens with zero attached hydrogens (tertiary/aromatic N) is 1. The van der Waals surface area contributed by atoms with Gasteiger partial charge in [0.25, 0.3) is 11.5 Å². The highest BCUT2D eigenvalue weighted by molar-refractivity contribution is 5.94. The number of carboxylic acid groups (broad SMARTS) is 1. The fourth-order valence-electron chi connectivity index (χ4n) is 2.72. The summed E-state index contributed by atoms with van der Waals surface area (Å²) in [6.45, 7) is 0. The minimum atomic E-state index is -0.869. The number of carbonyl (C=O) groups is 2. The Hall–Kier alpha value is -2.11. The number of amides is 1. The third-order valence-corrected chi connectivity index (χ3v) is 4.02. The molecule has 1 saturated carbocycles. The summed E-state index contributed by atoms with van der Waals surface area (Å²) in [5.74, 6) is -1.81. The SMILES string of the molecule is Cn1ccc(C(=O)N[C@H]2CCCCC[C@H]2C(=O)O)cc1=O. The molecule has 0 aromatic carbocycles. The predicted octanol–water partition coefficient (Wildman–Crippen LogP) is 1.15. The van der Waals surface area contributed by atoms with Crippen molar-refractivity contribution >= 4 is 11.9 Å². The number of pyridine rings is 1. The maximum atomic E-state index is 12.2. The first-order chi connectivity index (χ1) is 9.99. The highest BCUT2D eigenvalue weighted by Crippen LogP contribution is 2.24. The van der Waals surface area contributed by atoms with Crippen LogP contribution in [0.15, 0.2) is 23.1 Å². The molecule has 2 rings (SSSR count). The van der Waals surface area contributed by atoms with Crippen LogP contribution >= 0.6 is 0 Å². The van der Waals surface area contributed by atoms with E-state index in [1.54, 1.807) is 13.1 Å². The van der Waals surface area contributed by atoms with Crippen LogP contribution in [-0.4, -0.2) is 27.6 Å². The molecule has 1 fully saturated rings. The molecule has 2 atom stereocenters. The summed E-state index contributed by atoms with van der Waals surface area (Å²) in [5, 5.41) is 12.1. The molecule has 6 nitrogen and oxygen atoms in total. The van der Waals surface area contributed by atoms with E-state index in [9.17, 15) is 19.5 Å². The smallest absolute Gasteiger partial charge is 0.308 e. The van der Waals surface area contributed by atoms with Crippen LogP contribution < -0.4 is 10.9 Å². The Morgan fingerprint density at radius 2 is 2.00 bits per heavy atom. The number of hydrogen-bond donors (Lipinski definition) is 2. The molecule has 0 radical (unpaired) electrons. The highest BCUT2D eigenvalue weighted by Gasteiger charge is 2.30. The average Bonchev–Trinajstić information content (AvgIpc) is 2.67. The number of carbonyl (C=O) groups excluding carboxylic acids is 1. The number of aryl methyl sites for hydroxylation is 1. The topological polar surface area (TPSA) is 88.4 Å². The molecule has 0 spiro atoms. The van der Waals surface area contributed by atoms with E-state index in [4.69, 9.17) is 0 Å². The van der Waals surface area contributed by atoms with Crippen LogP contribution in [0.25, 0.3) is 0 Å². The van der Waals surface area contributed by atoms with Crippen LogP contribution in [-0.2, 0) is 11.8 Å². The molecule has 1 aromatic rings. The van der Waals surface area contributed by atoms with Crippen LogP contribution in [0.5, 0.6) is 0 Å². The lowest BCUT2D eigenvalue weighted by Crippen LogP contribution is -2.43. The standard InChI is InChI=1S/C15H20N2O4/c1-17-8-7-10(9-13(17)18)14(19)16-12-6-4-2-3-5-11(12)15(20)21/h7-9,11-12H,2-6H2,1H3,(H,16,19)(H,20,21)/t11-,12+/m1/s1. The van der Waals surface area contributed by atoms with Gasteiger partial charge in [0, 0.05) is 30.9 Å². The normalized spacial score (nSPS) is 22.3. The van der Waals surface area contributed by atoms with Gasteiger partial charge in [-0.15, -0.1) is 0 Å². The van der Waals surface area contributed by atoms with E-state index in [2.05, 4.69) is 5.32 Å². The fraction of sp³-hybridized carbons (Fsp3) is 0.533. The lowest BCUT2D eigenvalue weighted by molar-refractivity contribution is -0.142. The van der Waals surface area contributed by atoms with Crippen LogP contribution in [0.1, 0.15) is 42.5 Å². The Morgan fingerprint density at radius 3 is 2.67 bits per heavy atom. The maximum absolute atomic E-state index is 12.2. The number of carboxylic acids is 1. The number of nitrogens with one attached hydrogen (secondary N) is 1. The van der Waals surface area contributed by atoms with Crippen LogP contribution in [0.3, 0.4) is 0 Å². The van der Waals surface area contributed by atoms with Gasteiger partial charge in [0.2, 0.25) is 0 Å². The first-order valence-corrected chi connectivity index (χ1v) is 7.19. The molecule has 1 aliphatic carbocycles. The van der Waals surface area contributed by atoms with Crippen LogP contribution in [0, 0.1) is 5.92 Å². The third-order valence-electron chi connectivity index (χ3n) is 4.02. The quantitative estimate of drug-likeness (QED) is 0.818. The molecule has 0 unspecified atom stereocenters. The summed E-state index contributed by atoms with van der Waals surface area (Å²) in [4.78, 5) is 35.1. The van der Waals surface area contributed by atoms with Gasteiger partial charge in [-0.05, 0) is 18.9 Å². The summed E-state index contributed by atoms with van der Waals surface area (Å²) in [7, 11) is 1.61. The summed E-state index contributed by atoms with van der Waals surface area (Å²) < 4.78 is 1.38. The van der Waals surface area contributed by atoms with E-state index in [1.165, 1.54) is 16.8 Å². The zero-order valence-corrected chi connectivity index (χ0v) is 12.0. The molecular weight excluding hydrogens is 272 g/mol. The van der Waals surface area contributed by atoms with Gasteiger partial charge in [0.05, 0.1) is 5.92 Å². The lowest BCUT2D eigenvalue weighted by atomic mass is 9.94. The molecule has 21 heavy (non-hydrogen) atoms. The highest BCUT2D eigenvalue weighted by atomic mass is 16.4. The summed E-state index contributed by atoms with van der Waals surface area (Å²) in [6.07, 6.45) is 5.53. The Kier molecular flexibility index (Phi) is 4.77. The van der Waals surface area contributed by atoms with Gasteiger partial charge in [-0.1, -0.05) is 19.3 Å². The van der Waals surface area contributed by atoms with E-state index in [0.29, 0.717) is 12.8 Å². The number of aromatic nitrogens is 1. The van der Waals surface area contributed by atoms with Crippen molar-refractivity contribution in [1.82, 2.24) is 9.88 Å². The molecule has 6 heteroatoms. The maximum Gasteiger partial charge on any atom is 0.308 e. The Balaban J connectivity index is 2.13. The van der Waals surface area contributed by atoms with Crippen molar-refractivity contribution in [2.75, 3.05) is 0 Å². The van der Waals surface area contributed by atoms with Crippen molar-refractivity contribution in [3.8, 4) is 0 Å². The first kappa shape index (κ1) is 15.3. The molecule has 1 aliphatic rings. The summed E-state index contributed by atoms with van der Waals surface area (Å²) in [6, 6.07) is 2.45. The summed E-state index contributed by atoms with van der Waals surface area (Å²) in [5.41, 5.74) is 0.00443. The Labute approximate surface area is 122 Å². The minimum absolute atomic E-state index is 0.265. The van der Waals surface area contributed by atoms with Crippen molar-refractivity contribution in [1.29, 1.82) is 0 Å². The second-order valence-electron chi connectivity index (χ2n) is 5.53. The number of rotatable bonds is 3. The number of hydrogen-bond acceptors (Lipinski definition) is 3. The van der Waals surface area contributed by atoms with E-state index in [1.807, 2.05) is 0 Å². The minimum Gasteiger partial charge on any atom is -0.481 e. The fourth-order valence-corrected chi connectivity index (χ4v) is 2.72. The van der Waals surface area contributed by atoms with E-state index >= 15 is 0 Å². The summed E-state index contributed by atoms with van der Waals surface area (Å²) >= 11 is 0. The predicted molar refractivity (Wildman–Crippen MR) is 77.1 cm³/mol. The van der Waals surface area contributed by atoms with E-state index in [-0.39, 0.29) is 23.1 Å². The molecule has 0 bridgehead atoms. The van der Waals surface area contributed by atoms with Crippen molar-refractivity contribution in [2.24, 2.45) is 13.0 Å². The first-order valence-electron chi connectivity index (χ1n) is 7.19. The van der Waals surface area contributed by atoms with Crippen molar-refractivity contribution in [3.05, 3.63) is 34.2 Å². The molecule has 2 N–H and O–H groups in total. The molecule has 114 valence electrons. The zero-order chi connectivity index (χ0) is 15.4. The molecule has 1 amide bonds. The van der Waals surface area contributed by atoms with Crippen LogP contribution in [0.2, 0.25) is 0 Å². The van der Waals surface area contributed by atoms with Gasteiger partial charge in [0.1, 0.15) is 0 Å². The molecule has 0 aliphatic heterocycles. The largest absolute Gasteiger partial charge is 0.481 e. The van der Waals surface area contributed by atoms with E-state index < -0.39 is 11.9 Å². The average molecular weight is 292 g/mol.